The molecule has 0 aliphatic rings. The third kappa shape index (κ3) is 6.14. The Kier molecular flexibility index (Phi) is 7.78. The highest BCUT2D eigenvalue weighted by molar-refractivity contribution is 7.98. The van der Waals surface area contributed by atoms with Crippen molar-refractivity contribution < 1.29 is 19.1 Å². The van der Waals surface area contributed by atoms with Crippen LogP contribution in [0.1, 0.15) is 29.4 Å². The van der Waals surface area contributed by atoms with Crippen molar-refractivity contribution in [3.8, 4) is 0 Å². The van der Waals surface area contributed by atoms with Crippen LogP contribution in [0.4, 0.5) is 0 Å². The number of methoxy groups -OCH3 is 1. The summed E-state index contributed by atoms with van der Waals surface area (Å²) < 4.78 is 9.44. The molecule has 0 saturated carbocycles. The molecule has 21 heavy (non-hydrogen) atoms. The first kappa shape index (κ1) is 17.5. The van der Waals surface area contributed by atoms with E-state index in [1.165, 1.54) is 13.3 Å². The Hall–Kier alpha value is -1.60. The molecule has 0 aliphatic heterocycles. The number of nitrogens with zero attached hydrogens (tertiary/aromatic N) is 1. The molecule has 116 valence electrons. The van der Waals surface area contributed by atoms with Crippen molar-refractivity contribution in [1.29, 1.82) is 0 Å². The molecule has 1 atom stereocenters. The van der Waals surface area contributed by atoms with Gasteiger partial charge in [-0.15, -0.1) is 0 Å². The molecule has 0 spiro atoms. The molecule has 6 nitrogen and oxygen atoms in total. The van der Waals surface area contributed by atoms with Gasteiger partial charge in [-0.05, 0) is 31.2 Å². The fourth-order valence-corrected chi connectivity index (χ4v) is 2.45. The number of nitrogens with two attached hydrogens (primary N) is 1. The van der Waals surface area contributed by atoms with Crippen LogP contribution in [0.5, 0.6) is 0 Å². The molecule has 1 rings (SSSR count). The monoisotopic (exact) mass is 312 g/mol. The van der Waals surface area contributed by atoms with Gasteiger partial charge in [0.05, 0.1) is 25.0 Å². The predicted octanol–water partition coefficient (Wildman–Crippen LogP) is 1.38. The fourth-order valence-electron chi connectivity index (χ4n) is 1.50. The van der Waals surface area contributed by atoms with Crippen molar-refractivity contribution >= 4 is 23.7 Å². The smallest absolute Gasteiger partial charge is 0.339 e. The highest BCUT2D eigenvalue weighted by atomic mass is 32.2. The molecule has 1 aromatic heterocycles. The summed E-state index contributed by atoms with van der Waals surface area (Å²) in [6, 6.07) is 2.89. The number of thioether (sulfide) groups is 1. The third-order valence-corrected chi connectivity index (χ3v) is 3.68. The van der Waals surface area contributed by atoms with Crippen molar-refractivity contribution in [1.82, 2.24) is 4.98 Å². The maximum absolute atomic E-state index is 11.3. The molecule has 0 aliphatic carbocycles. The second-order valence-corrected chi connectivity index (χ2v) is 5.33. The zero-order valence-corrected chi connectivity index (χ0v) is 13.0. The average Bonchev–Trinajstić information content (AvgIpc) is 2.51. The highest BCUT2D eigenvalue weighted by Gasteiger charge is 2.13. The Labute approximate surface area is 128 Å². The van der Waals surface area contributed by atoms with Crippen LogP contribution in [-0.4, -0.2) is 42.4 Å². The zero-order valence-electron chi connectivity index (χ0n) is 12.2. The van der Waals surface area contributed by atoms with Gasteiger partial charge in [0, 0.05) is 11.9 Å². The maximum Gasteiger partial charge on any atom is 0.339 e. The van der Waals surface area contributed by atoms with Crippen molar-refractivity contribution in [3.63, 3.8) is 0 Å². The summed E-state index contributed by atoms with van der Waals surface area (Å²) in [6.45, 7) is 2.10. The second-order valence-electron chi connectivity index (χ2n) is 4.23. The van der Waals surface area contributed by atoms with Gasteiger partial charge in [0.1, 0.15) is 6.04 Å². The Morgan fingerprint density at radius 2 is 2.19 bits per heavy atom. The summed E-state index contributed by atoms with van der Waals surface area (Å²) in [4.78, 5) is 26.8. The topological polar surface area (TPSA) is 91.5 Å². The lowest BCUT2D eigenvalue weighted by Gasteiger charge is -2.09. The molecule has 0 saturated heterocycles. The van der Waals surface area contributed by atoms with Crippen LogP contribution in [0, 0.1) is 0 Å². The van der Waals surface area contributed by atoms with Crippen LogP contribution in [0.3, 0.4) is 0 Å². The van der Waals surface area contributed by atoms with Crippen LogP contribution >= 0.6 is 11.8 Å². The molecule has 0 amide bonds. The fraction of sp³-hybridized carbons (Fsp3) is 0.500. The van der Waals surface area contributed by atoms with Gasteiger partial charge < -0.3 is 15.2 Å². The van der Waals surface area contributed by atoms with Gasteiger partial charge in [0.25, 0.3) is 0 Å². The van der Waals surface area contributed by atoms with Crippen LogP contribution in [-0.2, 0) is 20.0 Å². The molecule has 2 N–H and O–H groups in total. The van der Waals surface area contributed by atoms with Gasteiger partial charge in [0.2, 0.25) is 0 Å². The van der Waals surface area contributed by atoms with Gasteiger partial charge in [-0.3, -0.25) is 9.78 Å². The van der Waals surface area contributed by atoms with Crippen LogP contribution in [0.15, 0.2) is 18.3 Å². The third-order valence-electron chi connectivity index (χ3n) is 2.66. The number of pyridine rings is 1. The Morgan fingerprint density at radius 1 is 1.43 bits per heavy atom. The number of hydrogen-bond donors (Lipinski definition) is 1. The predicted molar refractivity (Wildman–Crippen MR) is 81.0 cm³/mol. The molecule has 0 fully saturated rings. The Bertz CT molecular complexity index is 465. The summed E-state index contributed by atoms with van der Waals surface area (Å²) in [6.07, 6.45) is 2.05. The number of carbonyl (C=O) groups excluding carboxylic acids is 2. The van der Waals surface area contributed by atoms with Crippen LogP contribution in [0.25, 0.3) is 0 Å². The minimum Gasteiger partial charge on any atom is -0.465 e. The Balaban J connectivity index is 2.30. The first-order valence-electron chi connectivity index (χ1n) is 6.61. The number of carbonyl (C=O) groups is 2. The van der Waals surface area contributed by atoms with E-state index in [9.17, 15) is 9.59 Å². The lowest BCUT2D eigenvalue weighted by atomic mass is 10.2. The minimum atomic E-state index is -0.577. The first-order chi connectivity index (χ1) is 10.1. The van der Waals surface area contributed by atoms with E-state index in [-0.39, 0.29) is 5.97 Å². The molecule has 0 bridgehead atoms. The van der Waals surface area contributed by atoms with Gasteiger partial charge in [-0.25, -0.2) is 4.79 Å². The van der Waals surface area contributed by atoms with E-state index in [0.717, 1.165) is 11.4 Å². The van der Waals surface area contributed by atoms with E-state index in [4.69, 9.17) is 10.5 Å². The molecule has 1 aromatic rings. The number of hydrogen-bond acceptors (Lipinski definition) is 7. The van der Waals surface area contributed by atoms with Gasteiger partial charge >= 0.3 is 11.9 Å². The van der Waals surface area contributed by atoms with E-state index in [2.05, 4.69) is 9.72 Å². The van der Waals surface area contributed by atoms with E-state index in [0.29, 0.717) is 24.3 Å². The molecule has 1 unspecified atom stereocenters. The number of ether oxygens (including phenoxy) is 2. The summed E-state index contributed by atoms with van der Waals surface area (Å²) in [5, 5.41) is 0. The number of aromatic nitrogens is 1. The quantitative estimate of drug-likeness (QED) is 0.572. The van der Waals surface area contributed by atoms with E-state index >= 15 is 0 Å². The van der Waals surface area contributed by atoms with E-state index in [1.54, 1.807) is 30.8 Å². The average molecular weight is 312 g/mol. The van der Waals surface area contributed by atoms with Gasteiger partial charge in [0.15, 0.2) is 0 Å². The first-order valence-corrected chi connectivity index (χ1v) is 7.77. The molecular weight excluding hydrogens is 292 g/mol. The summed E-state index contributed by atoms with van der Waals surface area (Å²) in [5.41, 5.74) is 6.98. The highest BCUT2D eigenvalue weighted by Crippen LogP contribution is 2.13. The van der Waals surface area contributed by atoms with E-state index < -0.39 is 12.0 Å². The summed E-state index contributed by atoms with van der Waals surface area (Å²) in [7, 11) is 1.33. The van der Waals surface area contributed by atoms with Crippen LogP contribution in [0.2, 0.25) is 0 Å². The zero-order chi connectivity index (χ0) is 15.7. The lowest BCUT2D eigenvalue weighted by molar-refractivity contribution is -0.144. The van der Waals surface area contributed by atoms with Gasteiger partial charge in [-0.2, -0.15) is 11.8 Å². The minimum absolute atomic E-state index is 0.343. The van der Waals surface area contributed by atoms with Crippen molar-refractivity contribution in [3.05, 3.63) is 29.6 Å². The second kappa shape index (κ2) is 9.36. The standard InChI is InChI=1S/C14H20N2O4S/c1-3-20-14(18)12(15)6-7-21-9-11-5-4-10(8-16-11)13(17)19-2/h4-5,8,12H,3,6-7,9,15H2,1-2H3. The van der Waals surface area contributed by atoms with Crippen molar-refractivity contribution in [2.45, 2.75) is 25.1 Å². The molecular formula is C14H20N2O4S. The van der Waals surface area contributed by atoms with Crippen LogP contribution < -0.4 is 5.73 Å². The van der Waals surface area contributed by atoms with Gasteiger partial charge in [-0.1, -0.05) is 0 Å². The summed E-state index contributed by atoms with van der Waals surface area (Å²) >= 11 is 1.62. The lowest BCUT2D eigenvalue weighted by Crippen LogP contribution is -2.32. The van der Waals surface area contributed by atoms with Crippen molar-refractivity contribution in [2.75, 3.05) is 19.5 Å². The van der Waals surface area contributed by atoms with Crippen molar-refractivity contribution in [2.24, 2.45) is 5.73 Å². The maximum atomic E-state index is 11.3. The largest absolute Gasteiger partial charge is 0.465 e. The normalized spacial score (nSPS) is 11.8. The SMILES string of the molecule is CCOC(=O)C(N)CCSCc1ccc(C(=O)OC)cn1. The van der Waals surface area contributed by atoms with E-state index in [1.807, 2.05) is 0 Å². The molecule has 0 radical (unpaired) electrons. The number of esters is 2. The Morgan fingerprint density at radius 3 is 2.76 bits per heavy atom. The number of rotatable bonds is 8. The summed E-state index contributed by atoms with van der Waals surface area (Å²) in [5.74, 6) is 0.665. The molecule has 0 aromatic carbocycles. The molecule has 1 heterocycles. The molecule has 7 heteroatoms.